The van der Waals surface area contributed by atoms with Crippen molar-refractivity contribution in [3.63, 3.8) is 0 Å². The Balaban J connectivity index is 3.24. The zero-order chi connectivity index (χ0) is 13.0. The van der Waals surface area contributed by atoms with Gasteiger partial charge in [0.25, 0.3) is 0 Å². The van der Waals surface area contributed by atoms with Gasteiger partial charge in [0.1, 0.15) is 0 Å². The zero-order valence-electron chi connectivity index (χ0n) is 9.42. The summed E-state index contributed by atoms with van der Waals surface area (Å²) in [6.45, 7) is 0.373. The Morgan fingerprint density at radius 2 is 2.24 bits per heavy atom. The quantitative estimate of drug-likeness (QED) is 0.513. The van der Waals surface area contributed by atoms with Crippen LogP contribution >= 0.6 is 0 Å². The van der Waals surface area contributed by atoms with E-state index in [-0.39, 0.29) is 5.75 Å². The highest BCUT2D eigenvalue weighted by Gasteiger charge is 2.21. The van der Waals surface area contributed by atoms with Gasteiger partial charge in [-0.15, -0.1) is 0 Å². The molecular weight excluding hydrogens is 226 g/mol. The summed E-state index contributed by atoms with van der Waals surface area (Å²) in [7, 11) is 1.32. The summed E-state index contributed by atoms with van der Waals surface area (Å²) in [5.74, 6) is -0.470. The average molecular weight is 241 g/mol. The third-order valence-corrected chi connectivity index (χ3v) is 2.40. The van der Waals surface area contributed by atoms with Crippen LogP contribution in [0, 0.1) is 10.1 Å². The molecule has 0 aliphatic carbocycles. The molecule has 1 atom stereocenters. The Kier molecular flexibility index (Phi) is 4.24. The number of nitro groups is 1. The number of phenolic OH excluding ortho intramolecular Hbond substituents is 1. The van der Waals surface area contributed by atoms with E-state index in [1.54, 1.807) is 0 Å². The van der Waals surface area contributed by atoms with Crippen LogP contribution in [-0.4, -0.2) is 23.7 Å². The summed E-state index contributed by atoms with van der Waals surface area (Å²) in [5, 5.41) is 20.3. The third kappa shape index (κ3) is 2.83. The van der Waals surface area contributed by atoms with Gasteiger partial charge in [0.05, 0.1) is 12.0 Å². The molecule has 0 aromatic heterocycles. The van der Waals surface area contributed by atoms with Crippen molar-refractivity contribution in [1.29, 1.82) is 0 Å². The molecule has 94 valence electrons. The lowest BCUT2D eigenvalue weighted by Crippen LogP contribution is -2.15. The Bertz CT molecular complexity index is 422. The van der Waals surface area contributed by atoms with E-state index in [0.29, 0.717) is 18.5 Å². The van der Waals surface area contributed by atoms with Gasteiger partial charge in [0.2, 0.25) is 5.75 Å². The molecule has 5 N–H and O–H groups in total. The average Bonchev–Trinajstić information content (AvgIpc) is 2.29. The Hall–Kier alpha value is -1.86. The predicted octanol–water partition coefficient (Wildman–Crippen LogP) is 0.658. The van der Waals surface area contributed by atoms with Gasteiger partial charge in [0.15, 0.2) is 5.75 Å². The molecule has 0 amide bonds. The van der Waals surface area contributed by atoms with Gasteiger partial charge in [-0.1, -0.05) is 0 Å². The van der Waals surface area contributed by atoms with Crippen molar-refractivity contribution in [2.45, 2.75) is 12.5 Å². The minimum Gasteiger partial charge on any atom is -0.500 e. The number of benzene rings is 1. The molecule has 7 heteroatoms. The molecule has 1 aromatic carbocycles. The number of aromatic hydroxyl groups is 1. The van der Waals surface area contributed by atoms with Gasteiger partial charge >= 0.3 is 5.69 Å². The molecule has 1 rings (SSSR count). The highest BCUT2D eigenvalue weighted by atomic mass is 16.6. The van der Waals surface area contributed by atoms with Crippen LogP contribution in [0.4, 0.5) is 5.69 Å². The van der Waals surface area contributed by atoms with Gasteiger partial charge in [0, 0.05) is 12.1 Å². The molecule has 0 fully saturated rings. The lowest BCUT2D eigenvalue weighted by molar-refractivity contribution is -0.386. The molecular formula is C10H15N3O4. The fourth-order valence-electron chi connectivity index (χ4n) is 1.47. The summed E-state index contributed by atoms with van der Waals surface area (Å²) in [5.41, 5.74) is 11.3. The zero-order valence-corrected chi connectivity index (χ0v) is 9.42. The van der Waals surface area contributed by atoms with E-state index < -0.39 is 22.4 Å². The highest BCUT2D eigenvalue weighted by molar-refractivity contribution is 5.57. The molecule has 7 nitrogen and oxygen atoms in total. The second kappa shape index (κ2) is 5.46. The van der Waals surface area contributed by atoms with E-state index in [1.807, 2.05) is 0 Å². The molecule has 0 saturated carbocycles. The first-order valence-corrected chi connectivity index (χ1v) is 5.02. The van der Waals surface area contributed by atoms with Crippen LogP contribution in [0.1, 0.15) is 18.0 Å². The van der Waals surface area contributed by atoms with Gasteiger partial charge in [-0.25, -0.2) is 0 Å². The number of methoxy groups -OCH3 is 1. The molecule has 1 aromatic rings. The molecule has 0 spiro atoms. The number of nitrogens with two attached hydrogens (primary N) is 2. The van der Waals surface area contributed by atoms with Gasteiger partial charge < -0.3 is 21.3 Å². The minimum absolute atomic E-state index is 0.0293. The third-order valence-electron chi connectivity index (χ3n) is 2.40. The molecule has 0 unspecified atom stereocenters. The molecule has 0 saturated heterocycles. The van der Waals surface area contributed by atoms with Crippen LogP contribution in [0.15, 0.2) is 12.1 Å². The van der Waals surface area contributed by atoms with Crippen molar-refractivity contribution >= 4 is 5.69 Å². The van der Waals surface area contributed by atoms with E-state index in [0.717, 1.165) is 0 Å². The number of rotatable bonds is 5. The second-order valence-corrected chi connectivity index (χ2v) is 3.53. The monoisotopic (exact) mass is 241 g/mol. The topological polar surface area (TPSA) is 125 Å². The van der Waals surface area contributed by atoms with Crippen LogP contribution in [0.25, 0.3) is 0 Å². The largest absolute Gasteiger partial charge is 0.500 e. The fraction of sp³-hybridized carbons (Fsp3) is 0.400. The van der Waals surface area contributed by atoms with Crippen molar-refractivity contribution in [2.75, 3.05) is 13.7 Å². The molecule has 0 radical (unpaired) electrons. The van der Waals surface area contributed by atoms with E-state index >= 15 is 0 Å². The molecule has 17 heavy (non-hydrogen) atoms. The molecule has 0 aliphatic rings. The van der Waals surface area contributed by atoms with Crippen molar-refractivity contribution < 1.29 is 14.8 Å². The van der Waals surface area contributed by atoms with Crippen molar-refractivity contribution in [3.8, 4) is 11.5 Å². The maximum absolute atomic E-state index is 10.7. The summed E-state index contributed by atoms with van der Waals surface area (Å²) in [6.07, 6.45) is 0.491. The number of hydrogen-bond donors (Lipinski definition) is 3. The highest BCUT2D eigenvalue weighted by Crippen LogP contribution is 2.38. The lowest BCUT2D eigenvalue weighted by Gasteiger charge is -2.13. The number of phenols is 1. The van der Waals surface area contributed by atoms with Gasteiger partial charge in [-0.05, 0) is 24.6 Å². The van der Waals surface area contributed by atoms with Crippen LogP contribution in [0.5, 0.6) is 11.5 Å². The first-order valence-electron chi connectivity index (χ1n) is 5.02. The first-order chi connectivity index (χ1) is 8.01. The van der Waals surface area contributed by atoms with Gasteiger partial charge in [-0.2, -0.15) is 0 Å². The van der Waals surface area contributed by atoms with Crippen molar-refractivity contribution in [3.05, 3.63) is 27.8 Å². The standard InChI is InChI=1S/C10H15N3O4/c1-17-9-5-6(7(12)2-3-11)4-8(10(9)14)13(15)16/h4-5,7,14H,2-3,11-12H2,1H3/t7-/m1/s1. The van der Waals surface area contributed by atoms with Crippen LogP contribution in [0.3, 0.4) is 0 Å². The number of nitrogens with zero attached hydrogens (tertiary/aromatic N) is 1. The van der Waals surface area contributed by atoms with E-state index in [2.05, 4.69) is 0 Å². The van der Waals surface area contributed by atoms with Gasteiger partial charge in [-0.3, -0.25) is 10.1 Å². The predicted molar refractivity (Wildman–Crippen MR) is 61.9 cm³/mol. The van der Waals surface area contributed by atoms with Crippen molar-refractivity contribution in [1.82, 2.24) is 0 Å². The van der Waals surface area contributed by atoms with Crippen LogP contribution < -0.4 is 16.2 Å². The number of nitro benzene ring substituents is 1. The Labute approximate surface area is 98.1 Å². The summed E-state index contributed by atoms with van der Waals surface area (Å²) in [4.78, 5) is 10.1. The lowest BCUT2D eigenvalue weighted by atomic mass is 10.0. The first kappa shape index (κ1) is 13.2. The minimum atomic E-state index is -0.684. The molecule has 0 heterocycles. The SMILES string of the molecule is COc1cc([C@H](N)CCN)cc([N+](=O)[O-])c1O. The van der Waals surface area contributed by atoms with Crippen LogP contribution in [0.2, 0.25) is 0 Å². The van der Waals surface area contributed by atoms with Crippen LogP contribution in [-0.2, 0) is 0 Å². The van der Waals surface area contributed by atoms with E-state index in [1.165, 1.54) is 19.2 Å². The number of hydrogen-bond acceptors (Lipinski definition) is 6. The molecule has 0 aliphatic heterocycles. The van der Waals surface area contributed by atoms with Crippen molar-refractivity contribution in [2.24, 2.45) is 11.5 Å². The molecule has 0 bridgehead atoms. The fourth-order valence-corrected chi connectivity index (χ4v) is 1.47. The Morgan fingerprint density at radius 3 is 2.71 bits per heavy atom. The normalized spacial score (nSPS) is 12.2. The maximum Gasteiger partial charge on any atom is 0.314 e. The smallest absolute Gasteiger partial charge is 0.314 e. The summed E-state index contributed by atoms with van der Waals surface area (Å²) >= 11 is 0. The Morgan fingerprint density at radius 1 is 1.59 bits per heavy atom. The number of ether oxygens (including phenoxy) is 1. The van der Waals surface area contributed by atoms with E-state index in [9.17, 15) is 15.2 Å². The second-order valence-electron chi connectivity index (χ2n) is 3.53. The van der Waals surface area contributed by atoms with E-state index in [4.69, 9.17) is 16.2 Å². The maximum atomic E-state index is 10.7. The summed E-state index contributed by atoms with van der Waals surface area (Å²) < 4.78 is 4.86. The summed E-state index contributed by atoms with van der Waals surface area (Å²) in [6, 6.07) is 2.29.